The van der Waals surface area contributed by atoms with Crippen LogP contribution >= 0.6 is 11.6 Å². The Morgan fingerprint density at radius 2 is 1.78 bits per heavy atom. The number of aromatic nitrogens is 1. The van der Waals surface area contributed by atoms with Gasteiger partial charge in [-0.3, -0.25) is 9.36 Å². The second-order valence-electron chi connectivity index (χ2n) is 4.75. The largest absolute Gasteiger partial charge is 0.477 e. The maximum Gasteiger partial charge on any atom is 0.344 e. The molecule has 2 aromatic carbocycles. The molecule has 0 unspecified atom stereocenters. The highest BCUT2D eigenvalue weighted by Gasteiger charge is 2.24. The van der Waals surface area contributed by atoms with Gasteiger partial charge in [0.05, 0.1) is 15.9 Å². The smallest absolute Gasteiger partial charge is 0.344 e. The van der Waals surface area contributed by atoms with Crippen molar-refractivity contribution in [2.24, 2.45) is 0 Å². The van der Waals surface area contributed by atoms with Crippen LogP contribution in [0.2, 0.25) is 5.02 Å². The number of carboxylic acid groups (broad SMARTS) is 1. The highest BCUT2D eigenvalue weighted by molar-refractivity contribution is 6.31. The van der Waals surface area contributed by atoms with Crippen LogP contribution in [0.4, 0.5) is 8.78 Å². The molecule has 0 bridgehead atoms. The van der Waals surface area contributed by atoms with E-state index in [1.54, 1.807) is 18.2 Å². The highest BCUT2D eigenvalue weighted by atomic mass is 35.5. The zero-order chi connectivity index (χ0) is 16.7. The monoisotopic (exact) mass is 335 g/mol. The molecule has 0 spiro atoms. The van der Waals surface area contributed by atoms with E-state index < -0.39 is 28.7 Å². The van der Waals surface area contributed by atoms with Gasteiger partial charge in [0.15, 0.2) is 5.56 Å². The highest BCUT2D eigenvalue weighted by Crippen LogP contribution is 2.25. The molecular formula is C16H8ClF2NO3. The zero-order valence-corrected chi connectivity index (χ0v) is 12.1. The van der Waals surface area contributed by atoms with Crippen LogP contribution in [0.1, 0.15) is 10.4 Å². The van der Waals surface area contributed by atoms with E-state index in [2.05, 4.69) is 0 Å². The van der Waals surface area contributed by atoms with E-state index in [4.69, 9.17) is 16.7 Å². The molecule has 0 aliphatic rings. The minimum absolute atomic E-state index is 0.0184. The number of aromatic carboxylic acids is 1. The Labute approximate surface area is 133 Å². The number of rotatable bonds is 2. The van der Waals surface area contributed by atoms with Crippen LogP contribution in [0.5, 0.6) is 0 Å². The van der Waals surface area contributed by atoms with E-state index in [0.29, 0.717) is 0 Å². The number of carbonyl (C=O) groups is 1. The molecule has 0 aliphatic heterocycles. The minimum atomic E-state index is -1.73. The fraction of sp³-hybridized carbons (Fsp3) is 0. The Morgan fingerprint density at radius 3 is 2.39 bits per heavy atom. The van der Waals surface area contributed by atoms with Crippen molar-refractivity contribution in [1.82, 2.24) is 4.57 Å². The van der Waals surface area contributed by atoms with Gasteiger partial charge < -0.3 is 5.11 Å². The molecule has 0 amide bonds. The molecule has 0 saturated carbocycles. The van der Waals surface area contributed by atoms with Crippen molar-refractivity contribution in [3.63, 3.8) is 0 Å². The molecule has 4 nitrogen and oxygen atoms in total. The van der Waals surface area contributed by atoms with Crippen molar-refractivity contribution in [3.05, 3.63) is 75.0 Å². The fourth-order valence-corrected chi connectivity index (χ4v) is 2.52. The Balaban J connectivity index is 2.58. The molecule has 1 aromatic heterocycles. The Bertz CT molecular complexity index is 1000. The molecule has 7 heteroatoms. The van der Waals surface area contributed by atoms with Gasteiger partial charge in [0.2, 0.25) is 11.4 Å². The first-order valence-electron chi connectivity index (χ1n) is 6.44. The molecule has 0 saturated heterocycles. The lowest BCUT2D eigenvalue weighted by Crippen LogP contribution is -2.23. The fourth-order valence-electron chi connectivity index (χ4n) is 2.36. The summed E-state index contributed by atoms with van der Waals surface area (Å²) in [7, 11) is 0. The molecule has 0 aliphatic carbocycles. The summed E-state index contributed by atoms with van der Waals surface area (Å²) in [5.74, 6) is -3.86. The van der Waals surface area contributed by atoms with Gasteiger partial charge in [0.25, 0.3) is 0 Å². The SMILES string of the molecule is O=C(O)c1c(F)n(-c2ccccc2)c2cc(Cl)c(F)cc2c1=O. The van der Waals surface area contributed by atoms with E-state index in [1.165, 1.54) is 12.1 Å². The molecule has 3 rings (SSSR count). The average molecular weight is 336 g/mol. The number of halogens is 3. The number of benzene rings is 2. The van der Waals surface area contributed by atoms with Crippen molar-refractivity contribution in [3.8, 4) is 5.69 Å². The van der Waals surface area contributed by atoms with Crippen molar-refractivity contribution in [2.45, 2.75) is 0 Å². The number of carboxylic acids is 1. The molecule has 0 radical (unpaired) electrons. The van der Waals surface area contributed by atoms with E-state index in [-0.39, 0.29) is 21.6 Å². The third-order valence-electron chi connectivity index (χ3n) is 3.38. The number of pyridine rings is 1. The summed E-state index contributed by atoms with van der Waals surface area (Å²) >= 11 is 5.72. The summed E-state index contributed by atoms with van der Waals surface area (Å²) in [6, 6.07) is 9.87. The van der Waals surface area contributed by atoms with Crippen LogP contribution in [0.3, 0.4) is 0 Å². The lowest BCUT2D eigenvalue weighted by atomic mass is 10.1. The normalized spacial score (nSPS) is 10.9. The van der Waals surface area contributed by atoms with Gasteiger partial charge in [-0.1, -0.05) is 29.8 Å². The summed E-state index contributed by atoms with van der Waals surface area (Å²) < 4.78 is 29.3. The molecule has 116 valence electrons. The first kappa shape index (κ1) is 15.2. The molecule has 0 atom stereocenters. The van der Waals surface area contributed by atoms with Crippen LogP contribution < -0.4 is 5.43 Å². The van der Waals surface area contributed by atoms with Crippen LogP contribution in [-0.2, 0) is 0 Å². The number of para-hydroxylation sites is 1. The molecule has 1 heterocycles. The predicted molar refractivity (Wildman–Crippen MR) is 81.4 cm³/mol. The van der Waals surface area contributed by atoms with Crippen LogP contribution in [-0.4, -0.2) is 15.6 Å². The zero-order valence-electron chi connectivity index (χ0n) is 11.4. The maximum atomic E-state index is 14.7. The molecule has 3 aromatic rings. The standard InChI is InChI=1S/C16H8ClF2NO3/c17-10-7-12-9(6-11(10)18)14(21)13(16(22)23)15(19)20(12)8-4-2-1-3-5-8/h1-7H,(H,22,23). The second-order valence-corrected chi connectivity index (χ2v) is 5.16. The Hall–Kier alpha value is -2.73. The minimum Gasteiger partial charge on any atom is -0.477 e. The predicted octanol–water partition coefficient (Wildman–Crippen LogP) is 3.62. The number of hydrogen-bond acceptors (Lipinski definition) is 2. The molecular weight excluding hydrogens is 328 g/mol. The van der Waals surface area contributed by atoms with Gasteiger partial charge >= 0.3 is 5.97 Å². The van der Waals surface area contributed by atoms with Gasteiger partial charge in [0.1, 0.15) is 5.82 Å². The first-order chi connectivity index (χ1) is 10.9. The third kappa shape index (κ3) is 2.37. The number of nitrogens with zero attached hydrogens (tertiary/aromatic N) is 1. The van der Waals surface area contributed by atoms with E-state index >= 15 is 0 Å². The Morgan fingerprint density at radius 1 is 1.13 bits per heavy atom. The molecule has 1 N–H and O–H groups in total. The van der Waals surface area contributed by atoms with Crippen molar-refractivity contribution < 1.29 is 18.7 Å². The van der Waals surface area contributed by atoms with Gasteiger partial charge in [-0.25, -0.2) is 9.18 Å². The van der Waals surface area contributed by atoms with Crippen molar-refractivity contribution in [1.29, 1.82) is 0 Å². The second kappa shape index (κ2) is 5.48. The summed E-state index contributed by atoms with van der Waals surface area (Å²) in [5, 5.41) is 8.56. The lowest BCUT2D eigenvalue weighted by molar-refractivity contribution is 0.0689. The van der Waals surface area contributed by atoms with Crippen LogP contribution in [0.25, 0.3) is 16.6 Å². The van der Waals surface area contributed by atoms with Gasteiger partial charge in [-0.15, -0.1) is 0 Å². The number of fused-ring (bicyclic) bond motifs is 1. The average Bonchev–Trinajstić information content (AvgIpc) is 2.50. The van der Waals surface area contributed by atoms with E-state index in [1.807, 2.05) is 0 Å². The van der Waals surface area contributed by atoms with E-state index in [0.717, 1.165) is 16.7 Å². The van der Waals surface area contributed by atoms with Crippen molar-refractivity contribution >= 4 is 28.5 Å². The summed E-state index contributed by atoms with van der Waals surface area (Å²) in [6.45, 7) is 0. The van der Waals surface area contributed by atoms with Gasteiger partial charge in [-0.2, -0.15) is 4.39 Å². The summed E-state index contributed by atoms with van der Waals surface area (Å²) in [4.78, 5) is 23.4. The van der Waals surface area contributed by atoms with Gasteiger partial charge in [0, 0.05) is 5.69 Å². The first-order valence-corrected chi connectivity index (χ1v) is 6.81. The Kier molecular flexibility index (Phi) is 3.61. The summed E-state index contributed by atoms with van der Waals surface area (Å²) in [5.41, 5.74) is -1.90. The quantitative estimate of drug-likeness (QED) is 0.728. The van der Waals surface area contributed by atoms with Crippen LogP contribution in [0, 0.1) is 11.8 Å². The maximum absolute atomic E-state index is 14.7. The van der Waals surface area contributed by atoms with Crippen LogP contribution in [0.15, 0.2) is 47.3 Å². The summed E-state index contributed by atoms with van der Waals surface area (Å²) in [6.07, 6.45) is 0. The number of hydrogen-bond donors (Lipinski definition) is 1. The third-order valence-corrected chi connectivity index (χ3v) is 3.67. The lowest BCUT2D eigenvalue weighted by Gasteiger charge is -2.14. The topological polar surface area (TPSA) is 59.3 Å². The molecule has 23 heavy (non-hydrogen) atoms. The van der Waals surface area contributed by atoms with Gasteiger partial charge in [-0.05, 0) is 24.3 Å². The molecule has 0 fully saturated rings. The van der Waals surface area contributed by atoms with Crippen molar-refractivity contribution in [2.75, 3.05) is 0 Å². The van der Waals surface area contributed by atoms with E-state index in [9.17, 15) is 18.4 Å².